The van der Waals surface area contributed by atoms with Gasteiger partial charge in [-0.2, -0.15) is 0 Å². The van der Waals surface area contributed by atoms with Gasteiger partial charge >= 0.3 is 11.9 Å². The Bertz CT molecular complexity index is 1650. The highest BCUT2D eigenvalue weighted by molar-refractivity contribution is 7.07. The third kappa shape index (κ3) is 6.02. The van der Waals surface area contributed by atoms with E-state index in [0.717, 1.165) is 11.3 Å². The van der Waals surface area contributed by atoms with Crippen LogP contribution in [-0.2, 0) is 14.3 Å². The van der Waals surface area contributed by atoms with Crippen LogP contribution in [0.3, 0.4) is 0 Å². The molecule has 0 saturated heterocycles. The Morgan fingerprint density at radius 1 is 1.12 bits per heavy atom. The standard InChI is InChI=1S/C30H33N3O6S/c1-17(2)16-38-29(36)26-18(3)31-30-33(27(26)21-10-13-23(39-19(4)34)24(15-21)37-7)28(35)25(40-30)14-20-8-11-22(12-9-20)32(5)6/h8-15,17,27H,16H2,1-7H3/b25-14-. The number of rotatable bonds is 8. The number of nitrogens with zero attached hydrogens (tertiary/aromatic N) is 3. The molecule has 0 aliphatic carbocycles. The fourth-order valence-electron chi connectivity index (χ4n) is 4.33. The zero-order chi connectivity index (χ0) is 29.1. The molecule has 1 aromatic heterocycles. The first-order valence-electron chi connectivity index (χ1n) is 12.8. The number of carbonyl (C=O) groups is 2. The van der Waals surface area contributed by atoms with Gasteiger partial charge in [0.2, 0.25) is 0 Å². The molecule has 9 nitrogen and oxygen atoms in total. The first kappa shape index (κ1) is 28.8. The van der Waals surface area contributed by atoms with E-state index in [2.05, 4.69) is 4.99 Å². The number of anilines is 1. The van der Waals surface area contributed by atoms with E-state index in [1.165, 1.54) is 29.9 Å². The molecular weight excluding hydrogens is 530 g/mol. The summed E-state index contributed by atoms with van der Waals surface area (Å²) in [6.45, 7) is 7.16. The summed E-state index contributed by atoms with van der Waals surface area (Å²) >= 11 is 1.25. The van der Waals surface area contributed by atoms with Crippen molar-refractivity contribution < 1.29 is 23.8 Å². The van der Waals surface area contributed by atoms with Gasteiger partial charge in [-0.25, -0.2) is 9.79 Å². The molecule has 0 saturated carbocycles. The summed E-state index contributed by atoms with van der Waals surface area (Å²) in [5.41, 5.74) is 2.94. The van der Waals surface area contributed by atoms with Crippen LogP contribution in [0.15, 0.2) is 63.5 Å². The van der Waals surface area contributed by atoms with E-state index in [9.17, 15) is 14.4 Å². The van der Waals surface area contributed by atoms with Gasteiger partial charge in [0.15, 0.2) is 16.3 Å². The Kier molecular flexibility index (Phi) is 8.58. The smallest absolute Gasteiger partial charge is 0.338 e. The molecule has 0 spiro atoms. The fourth-order valence-corrected chi connectivity index (χ4v) is 5.38. The third-order valence-electron chi connectivity index (χ3n) is 6.25. The van der Waals surface area contributed by atoms with E-state index < -0.39 is 18.0 Å². The molecule has 1 aliphatic rings. The number of hydrogen-bond donors (Lipinski definition) is 0. The van der Waals surface area contributed by atoms with Gasteiger partial charge in [0.05, 0.1) is 35.6 Å². The van der Waals surface area contributed by atoms with E-state index in [-0.39, 0.29) is 29.4 Å². The second-order valence-corrected chi connectivity index (χ2v) is 11.1. The number of hydrogen-bond acceptors (Lipinski definition) is 9. The summed E-state index contributed by atoms with van der Waals surface area (Å²) < 4.78 is 18.3. The molecule has 2 aromatic carbocycles. The highest BCUT2D eigenvalue weighted by Crippen LogP contribution is 2.36. The van der Waals surface area contributed by atoms with Crippen molar-refractivity contribution in [1.29, 1.82) is 0 Å². The summed E-state index contributed by atoms with van der Waals surface area (Å²) in [5.74, 6) is -0.383. The van der Waals surface area contributed by atoms with Crippen molar-refractivity contribution in [3.8, 4) is 11.5 Å². The molecule has 10 heteroatoms. The monoisotopic (exact) mass is 563 g/mol. The maximum absolute atomic E-state index is 13.9. The van der Waals surface area contributed by atoms with Crippen LogP contribution in [0.5, 0.6) is 11.5 Å². The number of methoxy groups -OCH3 is 1. The van der Waals surface area contributed by atoms with Crippen LogP contribution in [-0.4, -0.2) is 44.3 Å². The van der Waals surface area contributed by atoms with Crippen LogP contribution < -0.4 is 29.3 Å². The summed E-state index contributed by atoms with van der Waals surface area (Å²) in [7, 11) is 5.39. The van der Waals surface area contributed by atoms with E-state index in [1.54, 1.807) is 25.1 Å². The van der Waals surface area contributed by atoms with Gasteiger partial charge in [-0.3, -0.25) is 14.2 Å². The number of carbonyl (C=O) groups excluding carboxylic acids is 2. The molecule has 1 aliphatic heterocycles. The summed E-state index contributed by atoms with van der Waals surface area (Å²) in [5, 5.41) is 0. The molecule has 1 unspecified atom stereocenters. The van der Waals surface area contributed by atoms with Crippen molar-refractivity contribution in [2.75, 3.05) is 32.7 Å². The lowest BCUT2D eigenvalue weighted by Gasteiger charge is -2.25. The number of esters is 2. The van der Waals surface area contributed by atoms with Gasteiger partial charge in [-0.15, -0.1) is 0 Å². The Hall–Kier alpha value is -4.18. The molecule has 0 fully saturated rings. The van der Waals surface area contributed by atoms with Gasteiger partial charge < -0.3 is 19.1 Å². The number of fused-ring (bicyclic) bond motifs is 1. The Morgan fingerprint density at radius 2 is 1.82 bits per heavy atom. The molecule has 210 valence electrons. The van der Waals surface area contributed by atoms with E-state index in [0.29, 0.717) is 26.3 Å². The molecular formula is C30H33N3O6S. The Labute approximate surface area is 236 Å². The summed E-state index contributed by atoms with van der Waals surface area (Å²) in [6.07, 6.45) is 1.82. The van der Waals surface area contributed by atoms with E-state index >= 15 is 0 Å². The Morgan fingerprint density at radius 3 is 2.42 bits per heavy atom. The first-order valence-corrected chi connectivity index (χ1v) is 13.6. The van der Waals surface area contributed by atoms with Crippen LogP contribution in [0.2, 0.25) is 0 Å². The molecule has 0 amide bonds. The third-order valence-corrected chi connectivity index (χ3v) is 7.24. The zero-order valence-corrected chi connectivity index (χ0v) is 24.5. The number of allylic oxidation sites excluding steroid dienone is 1. The lowest BCUT2D eigenvalue weighted by molar-refractivity contribution is -0.140. The number of thiazole rings is 1. The lowest BCUT2D eigenvalue weighted by Crippen LogP contribution is -2.40. The van der Waals surface area contributed by atoms with Crippen molar-refractivity contribution >= 4 is 35.0 Å². The van der Waals surface area contributed by atoms with Gasteiger partial charge in [0.25, 0.3) is 5.56 Å². The van der Waals surface area contributed by atoms with Crippen molar-refractivity contribution in [2.45, 2.75) is 33.7 Å². The van der Waals surface area contributed by atoms with Crippen LogP contribution in [0.4, 0.5) is 5.69 Å². The van der Waals surface area contributed by atoms with Crippen LogP contribution >= 0.6 is 11.3 Å². The molecule has 0 bridgehead atoms. The van der Waals surface area contributed by atoms with Crippen LogP contribution in [0.1, 0.15) is 44.9 Å². The minimum absolute atomic E-state index is 0.131. The molecule has 0 radical (unpaired) electrons. The molecule has 2 heterocycles. The molecule has 0 N–H and O–H groups in total. The predicted molar refractivity (Wildman–Crippen MR) is 155 cm³/mol. The maximum Gasteiger partial charge on any atom is 0.338 e. The van der Waals surface area contributed by atoms with E-state index in [1.807, 2.05) is 63.2 Å². The molecule has 1 atom stereocenters. The molecule has 40 heavy (non-hydrogen) atoms. The lowest BCUT2D eigenvalue weighted by atomic mass is 9.95. The maximum atomic E-state index is 13.9. The average Bonchev–Trinajstić information content (AvgIpc) is 3.20. The predicted octanol–water partition coefficient (Wildman–Crippen LogP) is 3.43. The topological polar surface area (TPSA) is 99.4 Å². The van der Waals surface area contributed by atoms with Gasteiger partial charge in [0.1, 0.15) is 0 Å². The summed E-state index contributed by atoms with van der Waals surface area (Å²) in [4.78, 5) is 46.0. The van der Waals surface area contributed by atoms with Crippen molar-refractivity contribution in [2.24, 2.45) is 10.9 Å². The number of ether oxygens (including phenoxy) is 3. The molecule has 4 rings (SSSR count). The van der Waals surface area contributed by atoms with Crippen molar-refractivity contribution in [3.63, 3.8) is 0 Å². The van der Waals surface area contributed by atoms with Gasteiger partial charge in [-0.1, -0.05) is 43.4 Å². The largest absolute Gasteiger partial charge is 0.493 e. The van der Waals surface area contributed by atoms with Gasteiger partial charge in [-0.05, 0) is 54.3 Å². The highest BCUT2D eigenvalue weighted by Gasteiger charge is 2.34. The van der Waals surface area contributed by atoms with Crippen molar-refractivity contribution in [1.82, 2.24) is 4.57 Å². The minimum Gasteiger partial charge on any atom is -0.493 e. The van der Waals surface area contributed by atoms with Crippen molar-refractivity contribution in [3.05, 3.63) is 84.5 Å². The Balaban J connectivity index is 1.90. The SMILES string of the molecule is COc1cc(C2C(C(=O)OCC(C)C)=C(C)N=c3s/c(=C\c4ccc(N(C)C)cc4)c(=O)n32)ccc1OC(C)=O. The normalized spacial score (nSPS) is 15.0. The quantitative estimate of drug-likeness (QED) is 0.306. The molecule has 3 aromatic rings. The number of benzene rings is 2. The average molecular weight is 564 g/mol. The number of aromatic nitrogens is 1. The first-order chi connectivity index (χ1) is 19.0. The summed E-state index contributed by atoms with van der Waals surface area (Å²) in [6, 6.07) is 12.0. The highest BCUT2D eigenvalue weighted by atomic mass is 32.1. The van der Waals surface area contributed by atoms with E-state index in [4.69, 9.17) is 14.2 Å². The van der Waals surface area contributed by atoms with Crippen LogP contribution in [0.25, 0.3) is 6.08 Å². The second-order valence-electron chi connectivity index (χ2n) is 10.1. The van der Waals surface area contributed by atoms with Gasteiger partial charge in [0, 0.05) is 26.7 Å². The zero-order valence-electron chi connectivity index (χ0n) is 23.7. The minimum atomic E-state index is -0.825. The second kappa shape index (κ2) is 11.9. The van der Waals surface area contributed by atoms with Crippen LogP contribution in [0, 0.1) is 5.92 Å². The fraction of sp³-hybridized carbons (Fsp3) is 0.333.